The molecule has 0 saturated carbocycles. The molecular weight excluding hydrogens is 383 g/mol. The van der Waals surface area contributed by atoms with E-state index in [1.165, 1.54) is 0 Å². The van der Waals surface area contributed by atoms with Crippen molar-refractivity contribution in [3.8, 4) is 0 Å². The fraction of sp³-hybridized carbons (Fsp3) is 0. The predicted octanol–water partition coefficient (Wildman–Crippen LogP) is -2.11. The van der Waals surface area contributed by atoms with E-state index in [-0.39, 0.29) is 83.6 Å². The molecule has 0 nitrogen and oxygen atoms in total. The first kappa shape index (κ1) is 29.9. The normalized spacial score (nSPS) is 0. The van der Waals surface area contributed by atoms with Gasteiger partial charge in [-0.25, -0.2) is 0 Å². The molecule has 0 amide bonds. The summed E-state index contributed by atoms with van der Waals surface area (Å²) in [4.78, 5) is 0. The van der Waals surface area contributed by atoms with Gasteiger partial charge in [0.25, 0.3) is 0 Å². The first-order valence-electron chi connectivity index (χ1n) is 0. The summed E-state index contributed by atoms with van der Waals surface area (Å²) in [6.07, 6.45) is 0. The second kappa shape index (κ2) is 17.3. The van der Waals surface area contributed by atoms with Crippen LogP contribution in [0, 0.1) is 0 Å². The molecule has 0 unspecified atom stereocenters. The second-order valence-electron chi connectivity index (χ2n) is 0. The van der Waals surface area contributed by atoms with Gasteiger partial charge >= 0.3 is 23.9 Å². The van der Waals surface area contributed by atoms with E-state index in [9.17, 15) is 0 Å². The monoisotopic (exact) mass is 390 g/mol. The van der Waals surface area contributed by atoms with E-state index in [4.69, 9.17) is 0 Å². The van der Waals surface area contributed by atoms with Crippen LogP contribution >= 0.6 is 0 Å². The fourth-order valence-electron chi connectivity index (χ4n) is 0. The third-order valence-corrected chi connectivity index (χ3v) is 0. The molecule has 2 radical (unpaired) electrons. The summed E-state index contributed by atoms with van der Waals surface area (Å²) in [5.74, 6) is 0. The molecular formula is H5AlHfNiSn. The van der Waals surface area contributed by atoms with Crippen molar-refractivity contribution in [3.05, 3.63) is 0 Å². The minimum atomic E-state index is 0. The van der Waals surface area contributed by atoms with E-state index in [0.717, 1.165) is 0 Å². The zero-order chi connectivity index (χ0) is 0. The SMILES string of the molecule is [AlH3].[Hf].[Ni].[SnH2]. The molecule has 0 heterocycles. The van der Waals surface area contributed by atoms with Crippen LogP contribution in [0.3, 0.4) is 0 Å². The molecule has 0 aromatic heterocycles. The summed E-state index contributed by atoms with van der Waals surface area (Å²) < 4.78 is 0. The molecule has 0 aromatic carbocycles. The van der Waals surface area contributed by atoms with Gasteiger partial charge in [-0.15, -0.1) is 0 Å². The third kappa shape index (κ3) is 8.83. The average molecular weight is 388 g/mol. The molecule has 0 bridgehead atoms. The van der Waals surface area contributed by atoms with Crippen molar-refractivity contribution in [1.29, 1.82) is 0 Å². The molecule has 0 aliphatic heterocycles. The number of hydrogen-bond donors (Lipinski definition) is 0. The van der Waals surface area contributed by atoms with Gasteiger partial charge in [-0.3, -0.25) is 0 Å². The summed E-state index contributed by atoms with van der Waals surface area (Å²) in [5, 5.41) is 0. The Labute approximate surface area is 82.3 Å². The number of rotatable bonds is 0. The Balaban J connectivity index is 0. The Kier molecular flexibility index (Phi) is 129. The molecule has 0 aromatic rings. The Morgan fingerprint density at radius 2 is 1.00 bits per heavy atom. The van der Waals surface area contributed by atoms with Crippen LogP contribution in [0.4, 0.5) is 0 Å². The molecule has 0 saturated heterocycles. The summed E-state index contributed by atoms with van der Waals surface area (Å²) in [6.45, 7) is 0. The van der Waals surface area contributed by atoms with Crippen LogP contribution in [0.2, 0.25) is 0 Å². The second-order valence-corrected chi connectivity index (χ2v) is 0. The molecule has 0 spiro atoms. The Bertz CT molecular complexity index is 8.00. The zero-order valence-corrected chi connectivity index (χ0v) is 10.1. The van der Waals surface area contributed by atoms with Gasteiger partial charge in [0.05, 0.1) is 0 Å². The van der Waals surface area contributed by atoms with E-state index >= 15 is 0 Å². The van der Waals surface area contributed by atoms with E-state index in [1.807, 2.05) is 0 Å². The van der Waals surface area contributed by atoms with Gasteiger partial charge in [0.1, 0.15) is 0 Å². The van der Waals surface area contributed by atoms with Crippen molar-refractivity contribution in [2.75, 3.05) is 0 Å². The first-order chi connectivity index (χ1) is 0. The van der Waals surface area contributed by atoms with Crippen LogP contribution in [0.15, 0.2) is 0 Å². The molecule has 4 heteroatoms. The summed E-state index contributed by atoms with van der Waals surface area (Å²) in [7, 11) is 0. The van der Waals surface area contributed by atoms with Crippen LogP contribution < -0.4 is 0 Å². The molecule has 0 N–H and O–H groups in total. The van der Waals surface area contributed by atoms with Crippen LogP contribution in [-0.2, 0) is 42.3 Å². The molecule has 4 heavy (non-hydrogen) atoms. The van der Waals surface area contributed by atoms with Gasteiger partial charge in [-0.05, 0) is 0 Å². The molecule has 26 valence electrons. The van der Waals surface area contributed by atoms with Crippen molar-refractivity contribution in [3.63, 3.8) is 0 Å². The van der Waals surface area contributed by atoms with E-state index in [2.05, 4.69) is 0 Å². The Morgan fingerprint density at radius 1 is 1.00 bits per heavy atom. The summed E-state index contributed by atoms with van der Waals surface area (Å²) in [5.41, 5.74) is 0. The molecule has 0 fully saturated rings. The van der Waals surface area contributed by atoms with Gasteiger partial charge < -0.3 is 0 Å². The van der Waals surface area contributed by atoms with Gasteiger partial charge in [-0.1, -0.05) is 0 Å². The van der Waals surface area contributed by atoms with Crippen LogP contribution in [0.25, 0.3) is 0 Å². The average Bonchev–Trinajstić information content (AvgIpc) is 0. The van der Waals surface area contributed by atoms with Crippen LogP contribution in [-0.4, -0.2) is 41.3 Å². The van der Waals surface area contributed by atoms with Crippen molar-refractivity contribution in [2.45, 2.75) is 0 Å². The molecule has 0 rings (SSSR count). The topological polar surface area (TPSA) is 0 Å². The quantitative estimate of drug-likeness (QED) is 0.418. The zero-order valence-electron chi connectivity index (χ0n) is 1.52. The Hall–Kier alpha value is 2.69. The van der Waals surface area contributed by atoms with Crippen molar-refractivity contribution >= 4 is 41.3 Å². The first-order valence-corrected chi connectivity index (χ1v) is 0. The van der Waals surface area contributed by atoms with Crippen molar-refractivity contribution in [2.24, 2.45) is 0 Å². The fourth-order valence-corrected chi connectivity index (χ4v) is 0. The van der Waals surface area contributed by atoms with Crippen LogP contribution in [0.5, 0.6) is 0 Å². The van der Waals surface area contributed by atoms with Crippen molar-refractivity contribution in [1.82, 2.24) is 0 Å². The standard InChI is InChI=1S/Al.Hf.Ni.Sn.5H. The van der Waals surface area contributed by atoms with E-state index in [0.29, 0.717) is 0 Å². The molecule has 0 aliphatic carbocycles. The predicted molar refractivity (Wildman–Crippen MR) is 18.5 cm³/mol. The van der Waals surface area contributed by atoms with Gasteiger partial charge in [0.15, 0.2) is 17.4 Å². The van der Waals surface area contributed by atoms with Gasteiger partial charge in [0, 0.05) is 42.3 Å². The van der Waals surface area contributed by atoms with Gasteiger partial charge in [0.2, 0.25) is 0 Å². The van der Waals surface area contributed by atoms with Crippen LogP contribution in [0.1, 0.15) is 0 Å². The number of hydrogen-bond acceptors (Lipinski definition) is 0. The summed E-state index contributed by atoms with van der Waals surface area (Å²) >= 11 is 0. The third-order valence-electron chi connectivity index (χ3n) is 0. The maximum absolute atomic E-state index is 0. The maximum atomic E-state index is 0. The van der Waals surface area contributed by atoms with Gasteiger partial charge in [-0.2, -0.15) is 0 Å². The minimum absolute atomic E-state index is 0. The van der Waals surface area contributed by atoms with E-state index < -0.39 is 0 Å². The molecule has 0 atom stereocenters. The van der Waals surface area contributed by atoms with Crippen molar-refractivity contribution < 1.29 is 42.3 Å². The Morgan fingerprint density at radius 3 is 1.00 bits per heavy atom. The summed E-state index contributed by atoms with van der Waals surface area (Å²) in [6, 6.07) is 0. The molecule has 0 aliphatic rings. The van der Waals surface area contributed by atoms with E-state index in [1.54, 1.807) is 0 Å².